The van der Waals surface area contributed by atoms with Gasteiger partial charge in [0.1, 0.15) is 5.82 Å². The summed E-state index contributed by atoms with van der Waals surface area (Å²) < 4.78 is 13.2. The van der Waals surface area contributed by atoms with E-state index in [2.05, 4.69) is 5.32 Å². The molecule has 112 valence electrons. The molecular weight excluding hydrogens is 273 g/mol. The maximum absolute atomic E-state index is 13.2. The van der Waals surface area contributed by atoms with Gasteiger partial charge in [-0.05, 0) is 37.5 Å². The summed E-state index contributed by atoms with van der Waals surface area (Å²) in [6.45, 7) is 1.75. The number of carbonyl (C=O) groups excluding carboxylic acids is 1. The van der Waals surface area contributed by atoms with E-state index in [1.54, 1.807) is 25.1 Å². The summed E-state index contributed by atoms with van der Waals surface area (Å²) >= 11 is 0. The number of carboxylic acid groups (broad SMARTS) is 1. The molecule has 0 aliphatic heterocycles. The number of amides is 1. The fourth-order valence-corrected chi connectivity index (χ4v) is 2.56. The summed E-state index contributed by atoms with van der Waals surface area (Å²) in [4.78, 5) is 23.5. The van der Waals surface area contributed by atoms with Crippen LogP contribution >= 0.6 is 0 Å². The van der Waals surface area contributed by atoms with Gasteiger partial charge in [-0.1, -0.05) is 24.3 Å². The van der Waals surface area contributed by atoms with Gasteiger partial charge in [0.25, 0.3) is 0 Å². The zero-order valence-corrected chi connectivity index (χ0v) is 11.8. The molecule has 0 bridgehead atoms. The number of benzene rings is 1. The van der Waals surface area contributed by atoms with E-state index in [-0.39, 0.29) is 17.8 Å². The lowest BCUT2D eigenvalue weighted by atomic mass is 9.82. The van der Waals surface area contributed by atoms with E-state index >= 15 is 0 Å². The van der Waals surface area contributed by atoms with Crippen LogP contribution in [-0.4, -0.2) is 17.0 Å². The van der Waals surface area contributed by atoms with E-state index in [9.17, 15) is 19.1 Å². The second kappa shape index (κ2) is 6.52. The van der Waals surface area contributed by atoms with Crippen molar-refractivity contribution in [1.82, 2.24) is 5.32 Å². The van der Waals surface area contributed by atoms with Crippen molar-refractivity contribution in [2.24, 2.45) is 11.8 Å². The van der Waals surface area contributed by atoms with Crippen LogP contribution in [0.2, 0.25) is 0 Å². The first-order valence-electron chi connectivity index (χ1n) is 6.92. The summed E-state index contributed by atoms with van der Waals surface area (Å²) in [5.41, 5.74) is 0.654. The Kier molecular flexibility index (Phi) is 4.73. The Bertz CT molecular complexity index is 570. The van der Waals surface area contributed by atoms with Crippen LogP contribution in [0.4, 0.5) is 4.39 Å². The van der Waals surface area contributed by atoms with Gasteiger partial charge in [0, 0.05) is 0 Å². The number of aliphatic carboxylic acids is 1. The lowest BCUT2D eigenvalue weighted by Crippen LogP contribution is -2.39. The molecule has 1 aliphatic rings. The Balaban J connectivity index is 2.06. The first-order chi connectivity index (χ1) is 9.99. The van der Waals surface area contributed by atoms with Crippen molar-refractivity contribution in [3.05, 3.63) is 47.8 Å². The third-order valence-corrected chi connectivity index (χ3v) is 3.79. The number of allylic oxidation sites excluding steroid dienone is 2. The van der Waals surface area contributed by atoms with Gasteiger partial charge in [-0.3, -0.25) is 9.59 Å². The summed E-state index contributed by atoms with van der Waals surface area (Å²) in [5.74, 6) is -2.91. The average molecular weight is 291 g/mol. The smallest absolute Gasteiger partial charge is 0.307 e. The molecule has 0 radical (unpaired) electrons. The predicted octanol–water partition coefficient (Wildman–Crippen LogP) is 2.67. The molecule has 0 saturated carbocycles. The van der Waals surface area contributed by atoms with E-state index in [4.69, 9.17) is 0 Å². The molecule has 3 atom stereocenters. The molecule has 0 heterocycles. The minimum atomic E-state index is -0.960. The van der Waals surface area contributed by atoms with Crippen LogP contribution in [-0.2, 0) is 9.59 Å². The molecule has 1 aromatic rings. The number of halogens is 1. The maximum atomic E-state index is 13.2. The molecular formula is C16H18FNO3. The predicted molar refractivity (Wildman–Crippen MR) is 75.9 cm³/mol. The monoisotopic (exact) mass is 291 g/mol. The number of hydrogen-bond acceptors (Lipinski definition) is 2. The van der Waals surface area contributed by atoms with Gasteiger partial charge < -0.3 is 10.4 Å². The van der Waals surface area contributed by atoms with Crippen LogP contribution in [0.15, 0.2) is 36.4 Å². The molecule has 0 spiro atoms. The van der Waals surface area contributed by atoms with Crippen molar-refractivity contribution in [2.75, 3.05) is 0 Å². The Labute approximate surface area is 122 Å². The Hall–Kier alpha value is -2.17. The topological polar surface area (TPSA) is 66.4 Å². The molecule has 0 fully saturated rings. The molecule has 1 amide bonds. The molecule has 2 N–H and O–H groups in total. The second-order valence-electron chi connectivity index (χ2n) is 5.28. The third-order valence-electron chi connectivity index (χ3n) is 3.79. The molecule has 1 aromatic carbocycles. The second-order valence-corrected chi connectivity index (χ2v) is 5.28. The minimum Gasteiger partial charge on any atom is -0.481 e. The molecule has 0 aromatic heterocycles. The van der Waals surface area contributed by atoms with Gasteiger partial charge >= 0.3 is 5.97 Å². The highest BCUT2D eigenvalue weighted by Gasteiger charge is 2.34. The highest BCUT2D eigenvalue weighted by molar-refractivity contribution is 5.85. The molecule has 4 nitrogen and oxygen atoms in total. The lowest BCUT2D eigenvalue weighted by Gasteiger charge is -2.26. The highest BCUT2D eigenvalue weighted by atomic mass is 19.1. The summed E-state index contributed by atoms with van der Waals surface area (Å²) in [6, 6.07) is 5.64. The van der Waals surface area contributed by atoms with E-state index in [0.29, 0.717) is 18.4 Å². The van der Waals surface area contributed by atoms with Crippen LogP contribution in [0.3, 0.4) is 0 Å². The SMILES string of the molecule is C[C@H](NC(=O)[C@@H]1CC=CC[C@@H]1C(=O)O)c1cccc(F)c1. The van der Waals surface area contributed by atoms with Gasteiger partial charge in [-0.15, -0.1) is 0 Å². The van der Waals surface area contributed by atoms with E-state index in [0.717, 1.165) is 0 Å². The van der Waals surface area contributed by atoms with Crippen molar-refractivity contribution in [2.45, 2.75) is 25.8 Å². The number of nitrogens with one attached hydrogen (secondary N) is 1. The largest absolute Gasteiger partial charge is 0.481 e. The minimum absolute atomic E-state index is 0.302. The van der Waals surface area contributed by atoms with Crippen LogP contribution in [0.5, 0.6) is 0 Å². The fourth-order valence-electron chi connectivity index (χ4n) is 2.56. The molecule has 21 heavy (non-hydrogen) atoms. The Morgan fingerprint density at radius 1 is 1.29 bits per heavy atom. The molecule has 0 unspecified atom stereocenters. The lowest BCUT2D eigenvalue weighted by molar-refractivity contribution is -0.147. The molecule has 2 rings (SSSR count). The first-order valence-corrected chi connectivity index (χ1v) is 6.92. The zero-order chi connectivity index (χ0) is 15.4. The van der Waals surface area contributed by atoms with Gasteiger partial charge in [0.15, 0.2) is 0 Å². The normalized spacial score (nSPS) is 22.6. The van der Waals surface area contributed by atoms with E-state index in [1.807, 2.05) is 6.08 Å². The Morgan fingerprint density at radius 3 is 2.57 bits per heavy atom. The number of carboxylic acids is 1. The first kappa shape index (κ1) is 15.2. The van der Waals surface area contributed by atoms with Gasteiger partial charge in [-0.25, -0.2) is 4.39 Å². The third kappa shape index (κ3) is 3.68. The van der Waals surface area contributed by atoms with Gasteiger partial charge in [0.05, 0.1) is 17.9 Å². The highest BCUT2D eigenvalue weighted by Crippen LogP contribution is 2.27. The van der Waals surface area contributed by atoms with Crippen molar-refractivity contribution < 1.29 is 19.1 Å². The average Bonchev–Trinajstić information content (AvgIpc) is 2.47. The number of carbonyl (C=O) groups is 2. The van der Waals surface area contributed by atoms with Crippen LogP contribution in [0, 0.1) is 17.7 Å². The summed E-state index contributed by atoms with van der Waals surface area (Å²) in [6.07, 6.45) is 4.40. The fraction of sp³-hybridized carbons (Fsp3) is 0.375. The summed E-state index contributed by atoms with van der Waals surface area (Å²) in [5, 5.41) is 12.0. The Morgan fingerprint density at radius 2 is 1.95 bits per heavy atom. The van der Waals surface area contributed by atoms with Crippen molar-refractivity contribution >= 4 is 11.9 Å². The van der Waals surface area contributed by atoms with Crippen molar-refractivity contribution in [3.63, 3.8) is 0 Å². The van der Waals surface area contributed by atoms with Gasteiger partial charge in [0.2, 0.25) is 5.91 Å². The number of hydrogen-bond donors (Lipinski definition) is 2. The van der Waals surface area contributed by atoms with Crippen molar-refractivity contribution in [3.8, 4) is 0 Å². The van der Waals surface area contributed by atoms with Gasteiger partial charge in [-0.2, -0.15) is 0 Å². The van der Waals surface area contributed by atoms with E-state index in [1.165, 1.54) is 12.1 Å². The van der Waals surface area contributed by atoms with Crippen molar-refractivity contribution in [1.29, 1.82) is 0 Å². The quantitative estimate of drug-likeness (QED) is 0.838. The van der Waals surface area contributed by atoms with Crippen LogP contribution in [0.25, 0.3) is 0 Å². The number of rotatable bonds is 4. The maximum Gasteiger partial charge on any atom is 0.307 e. The molecule has 5 heteroatoms. The zero-order valence-electron chi connectivity index (χ0n) is 11.8. The molecule has 0 saturated heterocycles. The van der Waals surface area contributed by atoms with E-state index < -0.39 is 17.8 Å². The molecule has 1 aliphatic carbocycles. The van der Waals surface area contributed by atoms with Crippen LogP contribution < -0.4 is 5.32 Å². The summed E-state index contributed by atoms with van der Waals surface area (Å²) in [7, 11) is 0. The standard InChI is InChI=1S/C16H18FNO3/c1-10(11-5-4-6-12(17)9-11)18-15(19)13-7-2-3-8-14(13)16(20)21/h2-6,9-10,13-14H,7-8H2,1H3,(H,18,19)(H,20,21)/t10-,13+,14-/m0/s1. The van der Waals surface area contributed by atoms with Crippen LogP contribution in [0.1, 0.15) is 31.4 Å².